The maximum absolute atomic E-state index is 6.21. The predicted molar refractivity (Wildman–Crippen MR) is 104 cm³/mol. The van der Waals surface area contributed by atoms with Gasteiger partial charge in [-0.1, -0.05) is 61.1 Å². The van der Waals surface area contributed by atoms with Crippen molar-refractivity contribution in [2.45, 2.75) is 59.0 Å². The van der Waals surface area contributed by atoms with Gasteiger partial charge in [-0.15, -0.1) is 0 Å². The first-order valence-electron chi connectivity index (χ1n) is 8.28. The Kier molecular flexibility index (Phi) is 6.88. The maximum Gasteiger partial charge on any atom is 0.242 e. The molecule has 0 heterocycles. The van der Waals surface area contributed by atoms with Crippen molar-refractivity contribution in [2.75, 3.05) is 0 Å². The van der Waals surface area contributed by atoms with Crippen LogP contribution in [-0.4, -0.2) is 16.4 Å². The molecule has 0 atom stereocenters. The molecule has 0 fully saturated rings. The highest BCUT2D eigenvalue weighted by atomic mass is 28.4. The van der Waals surface area contributed by atoms with E-state index in [1.807, 2.05) is 0 Å². The van der Waals surface area contributed by atoms with Crippen molar-refractivity contribution in [3.05, 3.63) is 59.0 Å². The van der Waals surface area contributed by atoms with Crippen LogP contribution in [0.5, 0.6) is 0 Å². The number of allylic oxidation sites excluding steroid dienone is 3. The third-order valence-electron chi connectivity index (χ3n) is 3.76. The Hall–Kier alpha value is -1.07. The Balaban J connectivity index is 2.99. The molecule has 1 rings (SSSR count). The van der Waals surface area contributed by atoms with E-state index in [2.05, 4.69) is 89.1 Å². The van der Waals surface area contributed by atoms with Crippen LogP contribution in [0.4, 0.5) is 0 Å². The van der Waals surface area contributed by atoms with Crippen molar-refractivity contribution >= 4 is 16.4 Å². The van der Waals surface area contributed by atoms with Crippen LogP contribution in [-0.2, 0) is 10.5 Å². The lowest BCUT2D eigenvalue weighted by Crippen LogP contribution is -2.33. The van der Waals surface area contributed by atoms with E-state index >= 15 is 0 Å². The summed E-state index contributed by atoms with van der Waals surface area (Å²) in [6.07, 6.45) is 5.55. The second-order valence-corrected chi connectivity index (χ2v) is 16.7. The second-order valence-electron chi connectivity index (χ2n) is 7.47. The van der Waals surface area contributed by atoms with Crippen molar-refractivity contribution < 1.29 is 4.43 Å². The van der Waals surface area contributed by atoms with Crippen LogP contribution >= 0.6 is 0 Å². The zero-order chi connectivity index (χ0) is 16.8. The molecule has 1 nitrogen and oxygen atoms in total. The van der Waals surface area contributed by atoms with Gasteiger partial charge < -0.3 is 4.43 Å². The van der Waals surface area contributed by atoms with Gasteiger partial charge >= 0.3 is 0 Å². The van der Waals surface area contributed by atoms with Crippen molar-refractivity contribution in [2.24, 2.45) is 0 Å². The molecule has 0 N–H and O–H groups in total. The van der Waals surface area contributed by atoms with Gasteiger partial charge in [0.1, 0.15) is 0 Å². The van der Waals surface area contributed by atoms with Crippen LogP contribution in [0.15, 0.2) is 53.4 Å². The van der Waals surface area contributed by atoms with Crippen LogP contribution in [0, 0.1) is 0 Å². The number of rotatable bonds is 7. The Morgan fingerprint density at radius 1 is 1.05 bits per heavy atom. The molecule has 0 radical (unpaired) electrons. The summed E-state index contributed by atoms with van der Waals surface area (Å²) in [5, 5.41) is 1.59. The fourth-order valence-corrected chi connectivity index (χ4v) is 6.55. The van der Waals surface area contributed by atoms with E-state index in [9.17, 15) is 0 Å². The molecule has 0 spiro atoms. The van der Waals surface area contributed by atoms with Crippen molar-refractivity contribution in [3.63, 3.8) is 0 Å². The molecule has 0 bridgehead atoms. The summed E-state index contributed by atoms with van der Waals surface area (Å²) in [6, 6.07) is 12.1. The summed E-state index contributed by atoms with van der Waals surface area (Å²) in [4.78, 5) is 0. The van der Waals surface area contributed by atoms with Crippen LogP contribution in [0.3, 0.4) is 0 Å². The Morgan fingerprint density at radius 3 is 2.09 bits per heavy atom. The summed E-state index contributed by atoms with van der Waals surface area (Å²) in [7, 11) is -3.02. The van der Waals surface area contributed by atoms with E-state index in [1.165, 1.54) is 11.6 Å². The monoisotopic (exact) mass is 332 g/mol. The second kappa shape index (κ2) is 7.98. The SMILES string of the molecule is C/C=C(\C=C(\CC)[Si](C)(C)Cc1ccccc1)O[Si](C)(C)C. The molecule has 0 aliphatic heterocycles. The lowest BCUT2D eigenvalue weighted by Gasteiger charge is -2.27. The molecule has 0 aliphatic rings. The molecule has 122 valence electrons. The lowest BCUT2D eigenvalue weighted by atomic mass is 10.2. The van der Waals surface area contributed by atoms with E-state index in [1.54, 1.807) is 5.20 Å². The summed E-state index contributed by atoms with van der Waals surface area (Å²) in [5.41, 5.74) is 1.45. The summed E-state index contributed by atoms with van der Waals surface area (Å²) < 4.78 is 6.21. The van der Waals surface area contributed by atoms with Crippen molar-refractivity contribution in [1.82, 2.24) is 0 Å². The molecule has 0 saturated carbocycles. The zero-order valence-corrected chi connectivity index (χ0v) is 17.4. The predicted octanol–water partition coefficient (Wildman–Crippen LogP) is 6.11. The van der Waals surface area contributed by atoms with Crippen LogP contribution < -0.4 is 0 Å². The van der Waals surface area contributed by atoms with E-state index in [0.717, 1.165) is 12.2 Å². The molecule has 0 saturated heterocycles. The highest BCUT2D eigenvalue weighted by Gasteiger charge is 2.26. The minimum absolute atomic E-state index is 1.06. The minimum Gasteiger partial charge on any atom is -0.545 e. The smallest absolute Gasteiger partial charge is 0.242 e. The highest BCUT2D eigenvalue weighted by molar-refractivity contribution is 6.83. The number of hydrogen-bond donors (Lipinski definition) is 0. The fraction of sp³-hybridized carbons (Fsp3) is 0.474. The van der Waals surface area contributed by atoms with Crippen LogP contribution in [0.2, 0.25) is 32.7 Å². The summed E-state index contributed by atoms with van der Waals surface area (Å²) >= 11 is 0. The molecule has 3 heteroatoms. The molecule has 0 unspecified atom stereocenters. The normalized spacial score (nSPS) is 14.1. The van der Waals surface area contributed by atoms with Gasteiger partial charge in [0, 0.05) is 0 Å². The van der Waals surface area contributed by atoms with E-state index in [-0.39, 0.29) is 0 Å². The standard InChI is InChI=1S/C19H32OSi2/c1-8-18(20-21(3,4)5)15-19(9-2)22(6,7)16-17-13-11-10-12-14-17/h8,10-15H,9,16H2,1-7H3/b18-8+,19-15-. The number of hydrogen-bond acceptors (Lipinski definition) is 1. The molecule has 1 aromatic carbocycles. The van der Waals surface area contributed by atoms with Crippen molar-refractivity contribution in [3.8, 4) is 0 Å². The first-order valence-corrected chi connectivity index (χ1v) is 14.9. The van der Waals surface area contributed by atoms with Gasteiger partial charge in [0.15, 0.2) is 0 Å². The fourth-order valence-electron chi connectivity index (χ4n) is 2.69. The van der Waals surface area contributed by atoms with Gasteiger partial charge in [-0.05, 0) is 51.2 Å². The maximum atomic E-state index is 6.21. The molecular weight excluding hydrogens is 300 g/mol. The van der Waals surface area contributed by atoms with Crippen LogP contribution in [0.1, 0.15) is 25.8 Å². The molecule has 1 aromatic rings. The minimum atomic E-state index is -1.55. The average Bonchev–Trinajstić information content (AvgIpc) is 2.42. The first kappa shape index (κ1) is 19.0. The van der Waals surface area contributed by atoms with Gasteiger partial charge in [-0.2, -0.15) is 0 Å². The first-order chi connectivity index (χ1) is 10.2. The largest absolute Gasteiger partial charge is 0.545 e. The Morgan fingerprint density at radius 2 is 1.64 bits per heavy atom. The van der Waals surface area contributed by atoms with Gasteiger partial charge in [-0.25, -0.2) is 0 Å². The average molecular weight is 333 g/mol. The van der Waals surface area contributed by atoms with Gasteiger partial charge in [0.25, 0.3) is 0 Å². The zero-order valence-electron chi connectivity index (χ0n) is 15.4. The lowest BCUT2D eigenvalue weighted by molar-refractivity contribution is 0.440. The number of benzene rings is 1. The Labute approximate surface area is 139 Å². The topological polar surface area (TPSA) is 9.23 Å². The third kappa shape index (κ3) is 6.36. The van der Waals surface area contributed by atoms with Gasteiger partial charge in [0.2, 0.25) is 8.32 Å². The summed E-state index contributed by atoms with van der Waals surface area (Å²) in [5.74, 6) is 1.06. The van der Waals surface area contributed by atoms with E-state index in [0.29, 0.717) is 0 Å². The Bertz CT molecular complexity index is 522. The molecule has 0 aliphatic carbocycles. The molecule has 0 amide bonds. The van der Waals surface area contributed by atoms with Crippen LogP contribution in [0.25, 0.3) is 0 Å². The molecular formula is C19H32OSi2. The highest BCUT2D eigenvalue weighted by Crippen LogP contribution is 2.25. The van der Waals surface area contributed by atoms with E-state index < -0.39 is 16.4 Å². The third-order valence-corrected chi connectivity index (χ3v) is 8.14. The van der Waals surface area contributed by atoms with Gasteiger partial charge in [0.05, 0.1) is 13.8 Å². The van der Waals surface area contributed by atoms with Gasteiger partial charge in [-0.3, -0.25) is 0 Å². The quantitative estimate of drug-likeness (QED) is 0.332. The summed E-state index contributed by atoms with van der Waals surface area (Å²) in [6.45, 7) is 16.0. The van der Waals surface area contributed by atoms with E-state index in [4.69, 9.17) is 4.43 Å². The molecule has 22 heavy (non-hydrogen) atoms. The van der Waals surface area contributed by atoms with Crippen molar-refractivity contribution in [1.29, 1.82) is 0 Å². The molecule has 0 aromatic heterocycles.